The first kappa shape index (κ1) is 16.7. The van der Waals surface area contributed by atoms with E-state index < -0.39 is 21.4 Å². The minimum Gasteiger partial charge on any atom is -0.481 e. The van der Waals surface area contributed by atoms with Gasteiger partial charge in [0.25, 0.3) is 0 Å². The third kappa shape index (κ3) is 2.98. The molecule has 2 heterocycles. The van der Waals surface area contributed by atoms with Crippen molar-refractivity contribution in [3.05, 3.63) is 34.9 Å². The van der Waals surface area contributed by atoms with E-state index in [2.05, 4.69) is 0 Å². The number of hydrogen-bond acceptors (Lipinski definition) is 4. The molecule has 0 bridgehead atoms. The van der Waals surface area contributed by atoms with Gasteiger partial charge in [-0.1, -0.05) is 23.7 Å². The lowest BCUT2D eigenvalue weighted by atomic mass is 9.81. The molecule has 2 saturated heterocycles. The number of halogens is 1. The van der Waals surface area contributed by atoms with Crippen molar-refractivity contribution in [3.63, 3.8) is 0 Å². The van der Waals surface area contributed by atoms with Crippen molar-refractivity contribution in [3.8, 4) is 0 Å². The minimum absolute atomic E-state index is 0.0419. The van der Waals surface area contributed by atoms with E-state index in [1.807, 2.05) is 11.9 Å². The number of hydrogen-bond donors (Lipinski definition) is 1. The predicted octanol–water partition coefficient (Wildman–Crippen LogP) is 1.12. The van der Waals surface area contributed by atoms with Crippen LogP contribution in [0.1, 0.15) is 5.56 Å². The van der Waals surface area contributed by atoms with Gasteiger partial charge in [0.15, 0.2) is 0 Å². The van der Waals surface area contributed by atoms with Crippen molar-refractivity contribution in [2.75, 3.05) is 33.2 Å². The first-order valence-electron chi connectivity index (χ1n) is 7.37. The molecule has 0 saturated carbocycles. The van der Waals surface area contributed by atoms with E-state index in [1.165, 1.54) is 4.31 Å². The number of carboxylic acid groups (broad SMARTS) is 1. The van der Waals surface area contributed by atoms with Gasteiger partial charge in [0.1, 0.15) is 0 Å². The molecule has 23 heavy (non-hydrogen) atoms. The Kier molecular flexibility index (Phi) is 4.16. The average molecular weight is 359 g/mol. The van der Waals surface area contributed by atoms with Crippen molar-refractivity contribution in [2.45, 2.75) is 5.75 Å². The smallest absolute Gasteiger partial charge is 0.312 e. The van der Waals surface area contributed by atoms with Crippen LogP contribution < -0.4 is 0 Å². The Balaban J connectivity index is 1.82. The Labute approximate surface area is 140 Å². The maximum Gasteiger partial charge on any atom is 0.312 e. The van der Waals surface area contributed by atoms with Gasteiger partial charge in [0.05, 0.1) is 11.2 Å². The van der Waals surface area contributed by atoms with Crippen molar-refractivity contribution < 1.29 is 18.3 Å². The van der Waals surface area contributed by atoms with Crippen molar-refractivity contribution in [1.29, 1.82) is 0 Å². The average Bonchev–Trinajstić information content (AvgIpc) is 2.92. The molecule has 0 aliphatic carbocycles. The Hall–Kier alpha value is -1.15. The highest BCUT2D eigenvalue weighted by molar-refractivity contribution is 7.88. The Morgan fingerprint density at radius 3 is 2.74 bits per heavy atom. The van der Waals surface area contributed by atoms with Crippen LogP contribution in [0, 0.1) is 11.3 Å². The summed E-state index contributed by atoms with van der Waals surface area (Å²) in [6.45, 7) is 1.30. The van der Waals surface area contributed by atoms with Crippen LogP contribution in [-0.2, 0) is 20.6 Å². The number of sulfonamides is 1. The highest BCUT2D eigenvalue weighted by atomic mass is 35.5. The summed E-state index contributed by atoms with van der Waals surface area (Å²) in [6.07, 6.45) is 0. The van der Waals surface area contributed by atoms with E-state index in [0.29, 0.717) is 23.7 Å². The number of likely N-dealkylation sites (tertiary alicyclic amines) is 1. The highest BCUT2D eigenvalue weighted by Gasteiger charge is 2.58. The van der Waals surface area contributed by atoms with Crippen molar-refractivity contribution >= 4 is 27.6 Å². The second-order valence-corrected chi connectivity index (χ2v) is 8.94. The molecule has 3 rings (SSSR count). The van der Waals surface area contributed by atoms with Gasteiger partial charge >= 0.3 is 5.97 Å². The van der Waals surface area contributed by atoms with E-state index in [-0.39, 0.29) is 24.8 Å². The fourth-order valence-corrected chi connectivity index (χ4v) is 5.54. The molecule has 8 heteroatoms. The molecule has 0 spiro atoms. The molecule has 6 nitrogen and oxygen atoms in total. The number of carboxylic acids is 1. The lowest BCUT2D eigenvalue weighted by Gasteiger charge is -2.24. The number of fused-ring (bicyclic) bond motifs is 1. The van der Waals surface area contributed by atoms with E-state index >= 15 is 0 Å². The molecule has 0 aromatic heterocycles. The molecule has 126 valence electrons. The molecule has 2 atom stereocenters. The summed E-state index contributed by atoms with van der Waals surface area (Å²) in [7, 11) is -1.70. The summed E-state index contributed by atoms with van der Waals surface area (Å²) in [5, 5.41) is 10.1. The number of nitrogens with zero attached hydrogens (tertiary/aromatic N) is 2. The first-order valence-corrected chi connectivity index (χ1v) is 9.36. The molecule has 1 N–H and O–H groups in total. The summed E-state index contributed by atoms with van der Waals surface area (Å²) in [4.78, 5) is 13.7. The number of benzene rings is 1. The van der Waals surface area contributed by atoms with Gasteiger partial charge in [-0.25, -0.2) is 12.7 Å². The molecular weight excluding hydrogens is 340 g/mol. The van der Waals surface area contributed by atoms with Gasteiger partial charge in [-0.2, -0.15) is 0 Å². The summed E-state index contributed by atoms with van der Waals surface area (Å²) in [5.41, 5.74) is -0.382. The quantitative estimate of drug-likeness (QED) is 0.872. The fourth-order valence-electron chi connectivity index (χ4n) is 3.71. The topological polar surface area (TPSA) is 77.9 Å². The molecule has 1 unspecified atom stereocenters. The second kappa shape index (κ2) is 5.73. The molecule has 0 radical (unpaired) electrons. The third-order valence-electron chi connectivity index (χ3n) is 4.81. The van der Waals surface area contributed by atoms with Crippen LogP contribution in [-0.4, -0.2) is 61.9 Å². The van der Waals surface area contributed by atoms with E-state index in [4.69, 9.17) is 11.6 Å². The summed E-state index contributed by atoms with van der Waals surface area (Å²) in [5.74, 6) is -1.24. The van der Waals surface area contributed by atoms with Gasteiger partial charge in [-0.05, 0) is 24.7 Å². The molecular formula is C15H19ClN2O4S. The standard InChI is InChI=1S/C15H19ClN2O4S/c1-17-6-12-7-18(10-15(12,9-17)14(19)20)23(21,22)8-11-3-2-4-13(16)5-11/h2-5,12H,6-10H2,1H3,(H,19,20)/t12?,15-/m1/s1. The van der Waals surface area contributed by atoms with Crippen LogP contribution in [0.3, 0.4) is 0 Å². The van der Waals surface area contributed by atoms with Gasteiger partial charge < -0.3 is 10.0 Å². The maximum atomic E-state index is 12.7. The summed E-state index contributed by atoms with van der Waals surface area (Å²) >= 11 is 5.90. The third-order valence-corrected chi connectivity index (χ3v) is 6.80. The minimum atomic E-state index is -3.57. The zero-order valence-corrected chi connectivity index (χ0v) is 14.3. The summed E-state index contributed by atoms with van der Waals surface area (Å²) in [6, 6.07) is 6.73. The lowest BCUT2D eigenvalue weighted by Crippen LogP contribution is -2.41. The highest BCUT2D eigenvalue weighted by Crippen LogP contribution is 2.43. The number of rotatable bonds is 4. The SMILES string of the molecule is CN1CC2CN(S(=O)(=O)Cc3cccc(Cl)c3)C[C@]2(C(=O)O)C1. The van der Waals surface area contributed by atoms with Crippen molar-refractivity contribution in [2.24, 2.45) is 11.3 Å². The Bertz CT molecular complexity index is 739. The monoisotopic (exact) mass is 358 g/mol. The maximum absolute atomic E-state index is 12.7. The van der Waals surface area contributed by atoms with Crippen LogP contribution in [0.4, 0.5) is 0 Å². The number of aliphatic carboxylic acids is 1. The van der Waals surface area contributed by atoms with E-state index in [0.717, 1.165) is 0 Å². The van der Waals surface area contributed by atoms with Gasteiger partial charge in [0.2, 0.25) is 10.0 Å². The fraction of sp³-hybridized carbons (Fsp3) is 0.533. The Morgan fingerprint density at radius 1 is 1.39 bits per heavy atom. The first-order chi connectivity index (χ1) is 10.7. The molecule has 0 amide bonds. The normalized spacial score (nSPS) is 28.9. The van der Waals surface area contributed by atoms with Gasteiger partial charge in [-0.3, -0.25) is 4.79 Å². The predicted molar refractivity (Wildman–Crippen MR) is 86.7 cm³/mol. The van der Waals surface area contributed by atoms with Crippen LogP contribution in [0.5, 0.6) is 0 Å². The van der Waals surface area contributed by atoms with E-state index in [1.54, 1.807) is 24.3 Å². The molecule has 2 aliphatic rings. The van der Waals surface area contributed by atoms with Crippen LogP contribution in [0.15, 0.2) is 24.3 Å². The summed E-state index contributed by atoms with van der Waals surface area (Å²) < 4.78 is 26.7. The van der Waals surface area contributed by atoms with Crippen LogP contribution in [0.2, 0.25) is 5.02 Å². The van der Waals surface area contributed by atoms with Gasteiger partial charge in [0, 0.05) is 37.1 Å². The van der Waals surface area contributed by atoms with Gasteiger partial charge in [-0.15, -0.1) is 0 Å². The van der Waals surface area contributed by atoms with Crippen LogP contribution >= 0.6 is 11.6 Å². The molecule has 2 fully saturated rings. The van der Waals surface area contributed by atoms with Crippen molar-refractivity contribution in [1.82, 2.24) is 9.21 Å². The zero-order chi connectivity index (χ0) is 16.8. The van der Waals surface area contributed by atoms with E-state index in [9.17, 15) is 18.3 Å². The molecule has 1 aromatic rings. The zero-order valence-electron chi connectivity index (χ0n) is 12.8. The number of carbonyl (C=O) groups is 1. The lowest BCUT2D eigenvalue weighted by molar-refractivity contribution is -0.148. The Morgan fingerprint density at radius 2 is 2.13 bits per heavy atom. The molecule has 1 aromatic carbocycles. The second-order valence-electron chi connectivity index (χ2n) is 6.53. The largest absolute Gasteiger partial charge is 0.481 e. The molecule has 2 aliphatic heterocycles. The van der Waals surface area contributed by atoms with Crippen LogP contribution in [0.25, 0.3) is 0 Å².